The SMILES string of the molecule is CC(C)N(CC[Si](C)(C)C)C(C)C. The van der Waals surface area contributed by atoms with Gasteiger partial charge in [0, 0.05) is 20.2 Å². The van der Waals surface area contributed by atoms with Crippen molar-refractivity contribution in [1.29, 1.82) is 0 Å². The largest absolute Gasteiger partial charge is 0.299 e. The summed E-state index contributed by atoms with van der Waals surface area (Å²) in [5.41, 5.74) is 0. The molecule has 13 heavy (non-hydrogen) atoms. The van der Waals surface area contributed by atoms with Gasteiger partial charge in [0.1, 0.15) is 0 Å². The maximum atomic E-state index is 2.60. The Balaban J connectivity index is 3.98. The van der Waals surface area contributed by atoms with Gasteiger partial charge in [-0.2, -0.15) is 0 Å². The summed E-state index contributed by atoms with van der Waals surface area (Å²) >= 11 is 0. The van der Waals surface area contributed by atoms with E-state index < -0.39 is 8.07 Å². The van der Waals surface area contributed by atoms with E-state index in [4.69, 9.17) is 0 Å². The van der Waals surface area contributed by atoms with E-state index in [1.54, 1.807) is 0 Å². The van der Waals surface area contributed by atoms with Gasteiger partial charge >= 0.3 is 0 Å². The molecule has 0 atom stereocenters. The fourth-order valence-electron chi connectivity index (χ4n) is 1.58. The second kappa shape index (κ2) is 5.16. The summed E-state index contributed by atoms with van der Waals surface area (Å²) in [5.74, 6) is 0. The third-order valence-corrected chi connectivity index (χ3v) is 4.17. The van der Waals surface area contributed by atoms with Crippen LogP contribution in [0, 0.1) is 0 Å². The summed E-state index contributed by atoms with van der Waals surface area (Å²) in [7, 11) is -0.853. The smallest absolute Gasteiger partial charge is 0.0455 e. The normalized spacial score (nSPS) is 13.4. The van der Waals surface area contributed by atoms with Gasteiger partial charge in [-0.25, -0.2) is 0 Å². The van der Waals surface area contributed by atoms with E-state index in [9.17, 15) is 0 Å². The summed E-state index contributed by atoms with van der Waals surface area (Å²) in [6, 6.07) is 2.80. The van der Waals surface area contributed by atoms with Crippen molar-refractivity contribution in [3.8, 4) is 0 Å². The van der Waals surface area contributed by atoms with Crippen molar-refractivity contribution < 1.29 is 0 Å². The quantitative estimate of drug-likeness (QED) is 0.616. The second-order valence-corrected chi connectivity index (χ2v) is 11.4. The minimum atomic E-state index is -0.853. The van der Waals surface area contributed by atoms with Crippen LogP contribution in [-0.4, -0.2) is 31.6 Å². The van der Waals surface area contributed by atoms with E-state index >= 15 is 0 Å². The highest BCUT2D eigenvalue weighted by molar-refractivity contribution is 6.76. The Morgan fingerprint density at radius 2 is 1.31 bits per heavy atom. The molecule has 0 aliphatic rings. The van der Waals surface area contributed by atoms with Gasteiger partial charge in [-0.3, -0.25) is 4.90 Å². The van der Waals surface area contributed by atoms with Gasteiger partial charge < -0.3 is 0 Å². The zero-order chi connectivity index (χ0) is 10.6. The first kappa shape index (κ1) is 13.2. The molecule has 0 aliphatic carbocycles. The molecule has 0 saturated carbocycles. The Bertz CT molecular complexity index is 128. The Morgan fingerprint density at radius 1 is 0.923 bits per heavy atom. The van der Waals surface area contributed by atoms with Crippen LogP contribution in [-0.2, 0) is 0 Å². The first-order chi connectivity index (χ1) is 5.74. The number of hydrogen-bond donors (Lipinski definition) is 0. The van der Waals surface area contributed by atoms with Gasteiger partial charge in [-0.1, -0.05) is 19.6 Å². The third kappa shape index (κ3) is 6.27. The van der Waals surface area contributed by atoms with Gasteiger partial charge in [0.25, 0.3) is 0 Å². The predicted octanol–water partition coefficient (Wildman–Crippen LogP) is 3.44. The molecule has 0 aromatic carbocycles. The highest BCUT2D eigenvalue weighted by Gasteiger charge is 2.18. The topological polar surface area (TPSA) is 3.24 Å². The third-order valence-electron chi connectivity index (χ3n) is 2.45. The van der Waals surface area contributed by atoms with Crippen molar-refractivity contribution in [1.82, 2.24) is 4.90 Å². The lowest BCUT2D eigenvalue weighted by molar-refractivity contribution is 0.185. The van der Waals surface area contributed by atoms with E-state index in [1.165, 1.54) is 12.6 Å². The second-order valence-electron chi connectivity index (χ2n) is 5.74. The van der Waals surface area contributed by atoms with Gasteiger partial charge in [0.2, 0.25) is 0 Å². The first-order valence-electron chi connectivity index (χ1n) is 5.50. The zero-order valence-electron chi connectivity index (χ0n) is 10.5. The fraction of sp³-hybridized carbons (Fsp3) is 1.00. The van der Waals surface area contributed by atoms with Crippen molar-refractivity contribution >= 4 is 8.07 Å². The Kier molecular flexibility index (Phi) is 5.23. The van der Waals surface area contributed by atoms with Gasteiger partial charge in [0.05, 0.1) is 0 Å². The van der Waals surface area contributed by atoms with Crippen molar-refractivity contribution in [2.75, 3.05) is 6.54 Å². The molecule has 0 amide bonds. The molecule has 0 radical (unpaired) electrons. The van der Waals surface area contributed by atoms with Crippen LogP contribution in [0.3, 0.4) is 0 Å². The molecule has 0 aromatic heterocycles. The summed E-state index contributed by atoms with van der Waals surface area (Å²) in [4.78, 5) is 2.60. The maximum Gasteiger partial charge on any atom is 0.0455 e. The van der Waals surface area contributed by atoms with Crippen LogP contribution >= 0.6 is 0 Å². The van der Waals surface area contributed by atoms with E-state index in [0.717, 1.165) is 0 Å². The number of hydrogen-bond acceptors (Lipinski definition) is 1. The molecule has 0 fully saturated rings. The van der Waals surface area contributed by atoms with E-state index in [2.05, 4.69) is 52.2 Å². The van der Waals surface area contributed by atoms with Crippen LogP contribution in [0.1, 0.15) is 27.7 Å². The molecule has 80 valence electrons. The highest BCUT2D eigenvalue weighted by atomic mass is 28.3. The Hall–Kier alpha value is 0.177. The van der Waals surface area contributed by atoms with E-state index in [1.807, 2.05) is 0 Å². The van der Waals surface area contributed by atoms with E-state index in [-0.39, 0.29) is 0 Å². The van der Waals surface area contributed by atoms with Crippen molar-refractivity contribution in [2.24, 2.45) is 0 Å². The Morgan fingerprint density at radius 3 is 1.54 bits per heavy atom. The van der Waals surface area contributed by atoms with Crippen LogP contribution < -0.4 is 0 Å². The lowest BCUT2D eigenvalue weighted by Gasteiger charge is -2.32. The van der Waals surface area contributed by atoms with Crippen LogP contribution in [0.25, 0.3) is 0 Å². The molecule has 0 heterocycles. The molecule has 0 aromatic rings. The predicted molar refractivity (Wildman–Crippen MR) is 65.1 cm³/mol. The number of nitrogens with zero attached hydrogens (tertiary/aromatic N) is 1. The molecule has 1 nitrogen and oxygen atoms in total. The lowest BCUT2D eigenvalue weighted by atomic mass is 10.2. The molecule has 0 aliphatic heterocycles. The monoisotopic (exact) mass is 201 g/mol. The minimum absolute atomic E-state index is 0.691. The molecule has 2 heteroatoms. The summed E-state index contributed by atoms with van der Waals surface area (Å²) < 4.78 is 0. The molecular formula is C11H27NSi. The summed E-state index contributed by atoms with van der Waals surface area (Å²) in [6.07, 6.45) is 0. The maximum absolute atomic E-state index is 2.60. The highest BCUT2D eigenvalue weighted by Crippen LogP contribution is 2.13. The van der Waals surface area contributed by atoms with Crippen LogP contribution in [0.4, 0.5) is 0 Å². The first-order valence-corrected chi connectivity index (χ1v) is 9.20. The Labute approximate surface area is 85.5 Å². The van der Waals surface area contributed by atoms with Crippen LogP contribution in [0.15, 0.2) is 0 Å². The van der Waals surface area contributed by atoms with Gasteiger partial charge in [-0.05, 0) is 40.3 Å². The molecule has 0 spiro atoms. The van der Waals surface area contributed by atoms with Crippen molar-refractivity contribution in [2.45, 2.75) is 65.5 Å². The van der Waals surface area contributed by atoms with Crippen molar-refractivity contribution in [3.63, 3.8) is 0 Å². The molecule has 0 N–H and O–H groups in total. The minimum Gasteiger partial charge on any atom is -0.299 e. The van der Waals surface area contributed by atoms with E-state index in [0.29, 0.717) is 12.1 Å². The average molecular weight is 201 g/mol. The standard InChI is InChI=1S/C11H27NSi/c1-10(2)12(11(3)4)8-9-13(5,6)7/h10-11H,8-9H2,1-7H3. The van der Waals surface area contributed by atoms with Crippen molar-refractivity contribution in [3.05, 3.63) is 0 Å². The van der Waals surface area contributed by atoms with Crippen LogP contribution in [0.5, 0.6) is 0 Å². The van der Waals surface area contributed by atoms with Gasteiger partial charge in [0.15, 0.2) is 0 Å². The molecule has 0 bridgehead atoms. The molecule has 0 rings (SSSR count). The zero-order valence-corrected chi connectivity index (χ0v) is 11.5. The number of rotatable bonds is 5. The average Bonchev–Trinajstić information content (AvgIpc) is 1.82. The molecule has 0 saturated heterocycles. The summed E-state index contributed by atoms with van der Waals surface area (Å²) in [5, 5.41) is 0. The summed E-state index contributed by atoms with van der Waals surface area (Å²) in [6.45, 7) is 17.8. The van der Waals surface area contributed by atoms with Gasteiger partial charge in [-0.15, -0.1) is 0 Å². The molecular weight excluding hydrogens is 174 g/mol. The molecule has 0 unspecified atom stereocenters. The lowest BCUT2D eigenvalue weighted by Crippen LogP contribution is -2.40. The fourth-order valence-corrected chi connectivity index (χ4v) is 2.51. The van der Waals surface area contributed by atoms with Crippen LogP contribution in [0.2, 0.25) is 25.7 Å².